The number of hydrogen-bond donors (Lipinski definition) is 2. The minimum Gasteiger partial charge on any atom is -0.506 e. The van der Waals surface area contributed by atoms with Crippen LogP contribution in [0.1, 0.15) is 5.82 Å². The number of aromatic nitrogens is 3. The summed E-state index contributed by atoms with van der Waals surface area (Å²) in [6.45, 7) is 0.0243. The molecule has 5 nitrogen and oxygen atoms in total. The monoisotopic (exact) mass is 179 g/mol. The lowest BCUT2D eigenvalue weighted by atomic mass is 10.4. The number of nitrogens with zero attached hydrogens (tertiary/aromatic N) is 3. The van der Waals surface area contributed by atoms with Gasteiger partial charge in [-0.05, 0) is 12.1 Å². The van der Waals surface area contributed by atoms with Crippen molar-refractivity contribution >= 4 is 5.65 Å². The van der Waals surface area contributed by atoms with Crippen molar-refractivity contribution in [2.24, 2.45) is 0 Å². The van der Waals surface area contributed by atoms with Crippen LogP contribution in [0.25, 0.3) is 5.65 Å². The van der Waals surface area contributed by atoms with Crippen molar-refractivity contribution in [3.63, 3.8) is 0 Å². The first-order valence-electron chi connectivity index (χ1n) is 3.95. The van der Waals surface area contributed by atoms with Crippen molar-refractivity contribution in [2.75, 3.05) is 6.61 Å². The van der Waals surface area contributed by atoms with E-state index in [1.807, 2.05) is 0 Å². The van der Waals surface area contributed by atoms with E-state index in [9.17, 15) is 5.11 Å². The quantitative estimate of drug-likeness (QED) is 0.679. The summed E-state index contributed by atoms with van der Waals surface area (Å²) in [6.07, 6.45) is 1.96. The van der Waals surface area contributed by atoms with Crippen LogP contribution in [0.15, 0.2) is 18.3 Å². The zero-order valence-corrected chi connectivity index (χ0v) is 6.88. The molecule has 0 aliphatic rings. The Balaban J connectivity index is 2.58. The van der Waals surface area contributed by atoms with Gasteiger partial charge < -0.3 is 10.2 Å². The molecule has 5 heteroatoms. The summed E-state index contributed by atoms with van der Waals surface area (Å²) in [5.74, 6) is 0.805. The molecule has 13 heavy (non-hydrogen) atoms. The van der Waals surface area contributed by atoms with Crippen molar-refractivity contribution in [3.05, 3.63) is 24.2 Å². The van der Waals surface area contributed by atoms with Crippen LogP contribution in [0, 0.1) is 0 Å². The number of aliphatic hydroxyl groups excluding tert-OH is 1. The van der Waals surface area contributed by atoms with E-state index in [0.717, 1.165) is 0 Å². The second kappa shape index (κ2) is 3.02. The van der Waals surface area contributed by atoms with Crippen LogP contribution in [0.4, 0.5) is 0 Å². The number of hydrogen-bond acceptors (Lipinski definition) is 4. The maximum atomic E-state index is 9.20. The average molecular weight is 179 g/mol. The summed E-state index contributed by atoms with van der Waals surface area (Å²) in [7, 11) is 0. The van der Waals surface area contributed by atoms with Crippen molar-refractivity contribution in [1.29, 1.82) is 0 Å². The van der Waals surface area contributed by atoms with E-state index in [2.05, 4.69) is 10.2 Å². The van der Waals surface area contributed by atoms with Gasteiger partial charge >= 0.3 is 0 Å². The molecule has 0 atom stereocenters. The molecule has 0 saturated carbocycles. The van der Waals surface area contributed by atoms with Gasteiger partial charge in [0.2, 0.25) is 0 Å². The average Bonchev–Trinajstić information content (AvgIpc) is 2.49. The van der Waals surface area contributed by atoms with Crippen molar-refractivity contribution < 1.29 is 10.2 Å². The van der Waals surface area contributed by atoms with Crippen molar-refractivity contribution in [2.45, 2.75) is 6.42 Å². The van der Waals surface area contributed by atoms with Crippen molar-refractivity contribution in [3.8, 4) is 5.75 Å². The Labute approximate surface area is 74.3 Å². The Morgan fingerprint density at radius 3 is 2.92 bits per heavy atom. The topological polar surface area (TPSA) is 70.7 Å². The SMILES string of the molecule is OCCc1nnc2ccc(O)cn12. The van der Waals surface area contributed by atoms with Gasteiger partial charge in [-0.2, -0.15) is 0 Å². The lowest BCUT2D eigenvalue weighted by molar-refractivity contribution is 0.296. The van der Waals surface area contributed by atoms with E-state index < -0.39 is 0 Å². The first-order valence-corrected chi connectivity index (χ1v) is 3.95. The zero-order valence-electron chi connectivity index (χ0n) is 6.88. The molecule has 68 valence electrons. The van der Waals surface area contributed by atoms with Gasteiger partial charge in [0.15, 0.2) is 5.65 Å². The van der Waals surface area contributed by atoms with Crippen LogP contribution >= 0.6 is 0 Å². The molecule has 0 radical (unpaired) electrons. The Hall–Kier alpha value is -1.62. The molecule has 0 spiro atoms. The summed E-state index contributed by atoms with van der Waals surface area (Å²) >= 11 is 0. The molecule has 0 amide bonds. The maximum absolute atomic E-state index is 9.20. The molecule has 0 fully saturated rings. The summed E-state index contributed by atoms with van der Waals surface area (Å²) in [5.41, 5.74) is 0.668. The highest BCUT2D eigenvalue weighted by atomic mass is 16.3. The molecular weight excluding hydrogens is 170 g/mol. The highest BCUT2D eigenvalue weighted by Gasteiger charge is 2.04. The summed E-state index contributed by atoms with van der Waals surface area (Å²) in [6, 6.07) is 3.22. The standard InChI is InChI=1S/C8H9N3O2/c12-4-3-8-10-9-7-2-1-6(13)5-11(7)8/h1-2,5,12-13H,3-4H2. The highest BCUT2D eigenvalue weighted by molar-refractivity contribution is 5.40. The van der Waals surface area contributed by atoms with Crippen LogP contribution in [0.2, 0.25) is 0 Å². The van der Waals surface area contributed by atoms with E-state index in [4.69, 9.17) is 5.11 Å². The summed E-state index contributed by atoms with van der Waals surface area (Å²) < 4.78 is 1.66. The Bertz CT molecular complexity index is 424. The van der Waals surface area contributed by atoms with E-state index >= 15 is 0 Å². The molecular formula is C8H9N3O2. The van der Waals surface area contributed by atoms with Gasteiger partial charge in [0.1, 0.15) is 11.6 Å². The van der Waals surface area contributed by atoms with Gasteiger partial charge in [0, 0.05) is 6.42 Å². The normalized spacial score (nSPS) is 10.8. The van der Waals surface area contributed by atoms with Crippen LogP contribution in [-0.2, 0) is 6.42 Å². The fraction of sp³-hybridized carbons (Fsp3) is 0.250. The van der Waals surface area contributed by atoms with Gasteiger partial charge in [-0.25, -0.2) is 0 Å². The number of rotatable bonds is 2. The summed E-state index contributed by atoms with van der Waals surface area (Å²) in [5, 5.41) is 25.7. The van der Waals surface area contributed by atoms with Gasteiger partial charge in [-0.15, -0.1) is 10.2 Å². The lowest BCUT2D eigenvalue weighted by Crippen LogP contribution is -1.97. The lowest BCUT2D eigenvalue weighted by Gasteiger charge is -1.97. The molecule has 0 aliphatic carbocycles. The number of pyridine rings is 1. The molecule has 0 bridgehead atoms. The third-order valence-electron chi connectivity index (χ3n) is 1.79. The minimum absolute atomic E-state index is 0.0243. The van der Waals surface area contributed by atoms with Crippen LogP contribution in [-0.4, -0.2) is 31.4 Å². The first-order chi connectivity index (χ1) is 6.31. The molecule has 0 aromatic carbocycles. The summed E-state index contributed by atoms with van der Waals surface area (Å²) in [4.78, 5) is 0. The Morgan fingerprint density at radius 1 is 1.31 bits per heavy atom. The molecule has 2 aromatic heterocycles. The fourth-order valence-corrected chi connectivity index (χ4v) is 1.20. The molecule has 2 rings (SSSR count). The van der Waals surface area contributed by atoms with Gasteiger partial charge in [0.05, 0.1) is 12.8 Å². The molecule has 0 aliphatic heterocycles. The maximum Gasteiger partial charge on any atom is 0.161 e. The fourth-order valence-electron chi connectivity index (χ4n) is 1.20. The predicted octanol–water partition coefficient (Wildman–Crippen LogP) is -0.0303. The predicted molar refractivity (Wildman–Crippen MR) is 45.4 cm³/mol. The Morgan fingerprint density at radius 2 is 2.15 bits per heavy atom. The smallest absolute Gasteiger partial charge is 0.161 e. The van der Waals surface area contributed by atoms with Crippen LogP contribution in [0.3, 0.4) is 0 Å². The first kappa shape index (κ1) is 8.00. The molecule has 2 aromatic rings. The number of fused-ring (bicyclic) bond motifs is 1. The third-order valence-corrected chi connectivity index (χ3v) is 1.79. The Kier molecular flexibility index (Phi) is 1.86. The zero-order chi connectivity index (χ0) is 9.26. The number of aliphatic hydroxyl groups is 1. The van der Waals surface area contributed by atoms with Gasteiger partial charge in [-0.3, -0.25) is 4.40 Å². The van der Waals surface area contributed by atoms with Crippen molar-refractivity contribution in [1.82, 2.24) is 14.6 Å². The number of aromatic hydroxyl groups is 1. The minimum atomic E-state index is 0.0243. The third kappa shape index (κ3) is 1.33. The van der Waals surface area contributed by atoms with E-state index in [-0.39, 0.29) is 12.4 Å². The van der Waals surface area contributed by atoms with Gasteiger partial charge in [0.25, 0.3) is 0 Å². The second-order valence-corrected chi connectivity index (χ2v) is 2.71. The largest absolute Gasteiger partial charge is 0.506 e. The van der Waals surface area contributed by atoms with E-state index in [0.29, 0.717) is 17.9 Å². The molecule has 0 unspecified atom stereocenters. The molecule has 2 heterocycles. The second-order valence-electron chi connectivity index (χ2n) is 2.71. The van der Waals surface area contributed by atoms with E-state index in [1.165, 1.54) is 6.20 Å². The van der Waals surface area contributed by atoms with Crippen LogP contribution < -0.4 is 0 Å². The molecule has 2 N–H and O–H groups in total. The van der Waals surface area contributed by atoms with Gasteiger partial charge in [-0.1, -0.05) is 0 Å². The highest BCUT2D eigenvalue weighted by Crippen LogP contribution is 2.11. The van der Waals surface area contributed by atoms with Crippen LogP contribution in [0.5, 0.6) is 5.75 Å². The van der Waals surface area contributed by atoms with E-state index in [1.54, 1.807) is 16.5 Å². The molecule has 0 saturated heterocycles.